The first kappa shape index (κ1) is 37.7. The smallest absolute Gasteiger partial charge is 0.490 e. The number of phosphoric ester groups is 1. The maximum atomic E-state index is 12.9. The van der Waals surface area contributed by atoms with Crippen molar-refractivity contribution in [2.24, 2.45) is 5.41 Å². The van der Waals surface area contributed by atoms with Crippen molar-refractivity contribution in [3.05, 3.63) is 50.6 Å². The minimum Gasteiger partial charge on any atom is -0.497 e. The van der Waals surface area contributed by atoms with Crippen LogP contribution >= 0.6 is 23.5 Å². The number of aromatic nitrogens is 2. The van der Waals surface area contributed by atoms with Crippen molar-refractivity contribution in [3.63, 3.8) is 0 Å². The van der Waals surface area contributed by atoms with Crippen LogP contribution in [0.25, 0.3) is 0 Å². The Kier molecular flexibility index (Phi) is 11.0. The van der Waals surface area contributed by atoms with Crippen molar-refractivity contribution in [2.45, 2.75) is 58.2 Å². The number of nitrogens with two attached hydrogens (primary N) is 1. The Bertz CT molecular complexity index is 1670. The van der Waals surface area contributed by atoms with Gasteiger partial charge in [-0.3, -0.25) is 19.2 Å². The molecule has 0 amide bonds. The normalized spacial score (nSPS) is 23.7. The molecule has 0 radical (unpaired) electrons. The molecule has 258 valence electrons. The highest BCUT2D eigenvalue weighted by atomic mass is 31.3. The number of hydrogen-bond acceptors (Lipinski definition) is 15. The monoisotopic (exact) mass is 718 g/mol. The first-order chi connectivity index (χ1) is 20.9. The van der Waals surface area contributed by atoms with Gasteiger partial charge in [0.15, 0.2) is 11.6 Å². The van der Waals surface area contributed by atoms with Crippen LogP contribution in [-0.4, -0.2) is 65.1 Å². The number of nitro benzene ring substituents is 1. The molecule has 1 aliphatic heterocycles. The number of rotatable bonds is 13. The fourth-order valence-corrected chi connectivity index (χ4v) is 7.52. The summed E-state index contributed by atoms with van der Waals surface area (Å²) in [6.45, 7) is 5.55. The molecular weight excluding hydrogens is 685 g/mol. The van der Waals surface area contributed by atoms with E-state index in [9.17, 15) is 43.5 Å². The highest BCUT2D eigenvalue weighted by Gasteiger charge is 2.47. The summed E-state index contributed by atoms with van der Waals surface area (Å²) in [4.78, 5) is 64.3. The van der Waals surface area contributed by atoms with Gasteiger partial charge in [0.1, 0.15) is 23.7 Å². The van der Waals surface area contributed by atoms with Gasteiger partial charge in [0.25, 0.3) is 5.69 Å². The molecule has 24 heteroatoms. The van der Waals surface area contributed by atoms with E-state index in [0.717, 1.165) is 10.8 Å². The third-order valence-electron chi connectivity index (χ3n) is 6.42. The molecule has 0 bridgehead atoms. The standard InChI is InChI=1S/C22H33N4O17P3/c1-21(2,3)18(13-8-12(38-5)6-7-14(13)26(29)30)40-16-10-25(20(28)24-19(16)23)22(4)9-15(27)17(41-22)11-39-45(34,35)43-46(36,37)42-44(31,32)33/h6-8,10,15,17-18,27H,9,11H2,1-5H3,(H,34,35)(H,36,37)(H2,23,24,28)(H2,31,32,33)/t15-,17+,18+,22+/m0/s1. The average Bonchev–Trinajstić information content (AvgIpc) is 3.17. The highest BCUT2D eigenvalue weighted by molar-refractivity contribution is 7.66. The number of phosphoric acid groups is 3. The topological polar surface area (TPSA) is 312 Å². The molecule has 2 aromatic rings. The summed E-state index contributed by atoms with van der Waals surface area (Å²) >= 11 is 0. The van der Waals surface area contributed by atoms with Crippen LogP contribution in [0.3, 0.4) is 0 Å². The lowest BCUT2D eigenvalue weighted by Gasteiger charge is -2.32. The minimum atomic E-state index is -5.79. The van der Waals surface area contributed by atoms with Crippen LogP contribution in [-0.2, 0) is 37.3 Å². The van der Waals surface area contributed by atoms with Crippen LogP contribution in [0, 0.1) is 15.5 Å². The summed E-state index contributed by atoms with van der Waals surface area (Å²) < 4.78 is 64.4. The summed E-state index contributed by atoms with van der Waals surface area (Å²) in [5.74, 6) is -0.280. The van der Waals surface area contributed by atoms with Crippen molar-refractivity contribution < 1.29 is 70.7 Å². The lowest BCUT2D eigenvalue weighted by Crippen LogP contribution is -2.40. The molecule has 46 heavy (non-hydrogen) atoms. The lowest BCUT2D eigenvalue weighted by molar-refractivity contribution is -0.386. The van der Waals surface area contributed by atoms with Gasteiger partial charge in [-0.1, -0.05) is 20.8 Å². The number of ether oxygens (including phenoxy) is 3. The second-order valence-corrected chi connectivity index (χ2v) is 15.6. The van der Waals surface area contributed by atoms with Gasteiger partial charge in [0, 0.05) is 17.9 Å². The van der Waals surface area contributed by atoms with E-state index in [1.165, 1.54) is 32.2 Å². The summed E-state index contributed by atoms with van der Waals surface area (Å²) in [6, 6.07) is 4.07. The van der Waals surface area contributed by atoms with Crippen LogP contribution in [0.15, 0.2) is 29.2 Å². The maximum Gasteiger partial charge on any atom is 0.490 e. The summed E-state index contributed by atoms with van der Waals surface area (Å²) in [7, 11) is -15.6. The third-order valence-corrected chi connectivity index (χ3v) is 10.2. The van der Waals surface area contributed by atoms with Crippen LogP contribution in [0.2, 0.25) is 0 Å². The molecule has 1 saturated heterocycles. The molecule has 0 saturated carbocycles. The van der Waals surface area contributed by atoms with Crippen molar-refractivity contribution >= 4 is 35.0 Å². The van der Waals surface area contributed by atoms with Gasteiger partial charge in [0.2, 0.25) is 0 Å². The average molecular weight is 718 g/mol. The molecule has 0 spiro atoms. The van der Waals surface area contributed by atoms with Gasteiger partial charge >= 0.3 is 29.2 Å². The van der Waals surface area contributed by atoms with Crippen LogP contribution in [0.5, 0.6) is 11.5 Å². The molecule has 1 aliphatic rings. The van der Waals surface area contributed by atoms with Crippen molar-refractivity contribution in [2.75, 3.05) is 19.5 Å². The quantitative estimate of drug-likeness (QED) is 0.0980. The summed E-state index contributed by atoms with van der Waals surface area (Å²) in [5.41, 5.74) is 2.31. The van der Waals surface area contributed by atoms with E-state index in [1.807, 2.05) is 0 Å². The Morgan fingerprint density at radius 3 is 2.37 bits per heavy atom. The van der Waals surface area contributed by atoms with Gasteiger partial charge < -0.3 is 44.6 Å². The van der Waals surface area contributed by atoms with E-state index >= 15 is 0 Å². The van der Waals surface area contributed by atoms with E-state index in [0.29, 0.717) is 5.75 Å². The molecule has 21 nitrogen and oxygen atoms in total. The molecule has 6 atom stereocenters. The number of anilines is 1. The lowest BCUT2D eigenvalue weighted by atomic mass is 9.83. The Morgan fingerprint density at radius 1 is 1.20 bits per heavy atom. The number of nitro groups is 1. The number of aliphatic hydroxyl groups excluding tert-OH is 1. The Morgan fingerprint density at radius 2 is 1.83 bits per heavy atom. The van der Waals surface area contributed by atoms with Crippen molar-refractivity contribution in [1.29, 1.82) is 0 Å². The Labute approximate surface area is 260 Å². The Hall–Kier alpha value is -2.77. The second kappa shape index (κ2) is 13.4. The molecule has 1 fully saturated rings. The zero-order valence-electron chi connectivity index (χ0n) is 24.9. The molecule has 7 N–H and O–H groups in total. The number of benzene rings is 1. The fourth-order valence-electron chi connectivity index (χ4n) is 4.49. The van der Waals surface area contributed by atoms with Gasteiger partial charge in [-0.25, -0.2) is 18.5 Å². The zero-order chi connectivity index (χ0) is 35.0. The SMILES string of the molecule is COc1ccc([N+](=O)[O-])c([C@@H](Oc2cn([C@@]3(C)C[C@H](O)[C@@H](COP(=O)(O)OP(=O)(O)OP(=O)(O)O)O3)c(=O)nc2N)C(C)(C)C)c1. The van der Waals surface area contributed by atoms with E-state index in [4.69, 9.17) is 29.7 Å². The fraction of sp³-hybridized carbons (Fsp3) is 0.545. The molecular formula is C22H33N4O17P3. The van der Waals surface area contributed by atoms with Crippen LogP contribution in [0.1, 0.15) is 45.8 Å². The van der Waals surface area contributed by atoms with Gasteiger partial charge in [-0.05, 0) is 19.1 Å². The van der Waals surface area contributed by atoms with Gasteiger partial charge in [0.05, 0.1) is 36.5 Å². The van der Waals surface area contributed by atoms with E-state index in [-0.39, 0.29) is 29.2 Å². The van der Waals surface area contributed by atoms with Crippen molar-refractivity contribution in [3.8, 4) is 11.5 Å². The van der Waals surface area contributed by atoms with E-state index < -0.39 is 70.1 Å². The van der Waals surface area contributed by atoms with Gasteiger partial charge in [-0.15, -0.1) is 0 Å². The molecule has 1 aromatic carbocycles. The predicted molar refractivity (Wildman–Crippen MR) is 154 cm³/mol. The maximum absolute atomic E-state index is 12.9. The van der Waals surface area contributed by atoms with Crippen molar-refractivity contribution in [1.82, 2.24) is 9.55 Å². The second-order valence-electron chi connectivity index (χ2n) is 11.2. The highest BCUT2D eigenvalue weighted by Crippen LogP contribution is 2.66. The number of hydrogen-bond donors (Lipinski definition) is 6. The molecule has 3 rings (SSSR count). The van der Waals surface area contributed by atoms with E-state index in [2.05, 4.69) is 18.1 Å². The minimum absolute atomic E-state index is 0.124. The first-order valence-electron chi connectivity index (χ1n) is 12.9. The number of methoxy groups -OCH3 is 1. The number of nitrogens with zero attached hydrogens (tertiary/aromatic N) is 3. The summed E-state index contributed by atoms with van der Waals surface area (Å²) in [6.07, 6.45) is -3.28. The number of aliphatic hydroxyl groups is 1. The zero-order valence-corrected chi connectivity index (χ0v) is 27.5. The first-order valence-corrected chi connectivity index (χ1v) is 17.4. The molecule has 2 heterocycles. The molecule has 0 aliphatic carbocycles. The van der Waals surface area contributed by atoms with Crippen LogP contribution in [0.4, 0.5) is 11.5 Å². The van der Waals surface area contributed by atoms with Gasteiger partial charge in [-0.2, -0.15) is 13.6 Å². The largest absolute Gasteiger partial charge is 0.497 e. The molecule has 2 unspecified atom stereocenters. The number of nitrogen functional groups attached to an aromatic ring is 1. The molecule has 1 aromatic heterocycles. The van der Waals surface area contributed by atoms with Crippen LogP contribution < -0.4 is 20.9 Å². The Balaban J connectivity index is 1.90. The third kappa shape index (κ3) is 9.41. The predicted octanol–water partition coefficient (Wildman–Crippen LogP) is 2.07. The van der Waals surface area contributed by atoms with E-state index in [1.54, 1.807) is 20.8 Å². The summed E-state index contributed by atoms with van der Waals surface area (Å²) in [5, 5.41) is 22.5.